The lowest BCUT2D eigenvalue weighted by Gasteiger charge is -2.19. The molecule has 1 atom stereocenters. The normalized spacial score (nSPS) is 16.7. The van der Waals surface area contributed by atoms with Gasteiger partial charge in [0.25, 0.3) is 5.91 Å². The smallest absolute Gasteiger partial charge is 0.281 e. The van der Waals surface area contributed by atoms with Crippen molar-refractivity contribution in [1.29, 1.82) is 0 Å². The average Bonchev–Trinajstić information content (AvgIpc) is 3.08. The number of carbonyl (C=O) groups excluding carboxylic acids is 1. The van der Waals surface area contributed by atoms with E-state index in [4.69, 9.17) is 0 Å². The Hall–Kier alpha value is -2.25. The molecular weight excluding hydrogens is 350 g/mol. The van der Waals surface area contributed by atoms with E-state index in [-0.39, 0.29) is 18.3 Å². The summed E-state index contributed by atoms with van der Waals surface area (Å²) < 4.78 is 0. The number of hydrogen-bond donors (Lipinski definition) is 3. The number of hydrazone groups is 1. The molecule has 2 heterocycles. The van der Waals surface area contributed by atoms with Crippen molar-refractivity contribution < 1.29 is 15.0 Å². The number of aliphatic hydroxyl groups excluding tert-OH is 1. The molecular formula is C19H23N3O3S. The van der Waals surface area contributed by atoms with E-state index in [1.807, 2.05) is 6.07 Å². The topological polar surface area (TPSA) is 94.8 Å². The van der Waals surface area contributed by atoms with Crippen LogP contribution >= 0.6 is 11.3 Å². The van der Waals surface area contributed by atoms with Crippen molar-refractivity contribution in [3.63, 3.8) is 0 Å². The molecule has 3 rings (SSSR count). The number of aliphatic hydroxyl groups is 1. The summed E-state index contributed by atoms with van der Waals surface area (Å²) in [6.45, 7) is 3.60. The number of pyridine rings is 1. The van der Waals surface area contributed by atoms with E-state index >= 15 is 0 Å². The van der Waals surface area contributed by atoms with Gasteiger partial charge in [-0.05, 0) is 43.7 Å². The highest BCUT2D eigenvalue weighted by molar-refractivity contribution is 7.14. The Kier molecular flexibility index (Phi) is 5.68. The third kappa shape index (κ3) is 3.78. The highest BCUT2D eigenvalue weighted by Gasteiger charge is 2.22. The van der Waals surface area contributed by atoms with Crippen LogP contribution in [0.4, 0.5) is 0 Å². The second kappa shape index (κ2) is 7.97. The van der Waals surface area contributed by atoms with Crippen molar-refractivity contribution in [2.24, 2.45) is 11.0 Å². The summed E-state index contributed by atoms with van der Waals surface area (Å²) in [5, 5.41) is 23.4. The van der Waals surface area contributed by atoms with Crippen LogP contribution < -0.4 is 5.43 Å². The lowest BCUT2D eigenvalue weighted by molar-refractivity contribution is 0.0959. The van der Waals surface area contributed by atoms with Crippen LogP contribution in [0.1, 0.15) is 56.7 Å². The number of aromatic hydroxyl groups is 1. The average molecular weight is 373 g/mol. The summed E-state index contributed by atoms with van der Waals surface area (Å²) in [5.41, 5.74) is 5.03. The molecule has 0 aromatic carbocycles. The zero-order valence-electron chi connectivity index (χ0n) is 15.0. The Balaban J connectivity index is 1.71. The van der Waals surface area contributed by atoms with Crippen molar-refractivity contribution in [2.75, 3.05) is 0 Å². The van der Waals surface area contributed by atoms with Gasteiger partial charge in [-0.25, -0.2) is 5.43 Å². The Morgan fingerprint density at radius 3 is 3.08 bits per heavy atom. The molecule has 1 amide bonds. The first-order valence-corrected chi connectivity index (χ1v) is 9.58. The van der Waals surface area contributed by atoms with Crippen molar-refractivity contribution in [2.45, 2.75) is 46.1 Å². The first-order chi connectivity index (χ1) is 12.5. The molecule has 6 nitrogen and oxygen atoms in total. The largest absolute Gasteiger partial charge is 0.505 e. The summed E-state index contributed by atoms with van der Waals surface area (Å²) >= 11 is 1.53. The van der Waals surface area contributed by atoms with E-state index in [0.29, 0.717) is 27.6 Å². The van der Waals surface area contributed by atoms with Gasteiger partial charge in [0, 0.05) is 22.2 Å². The van der Waals surface area contributed by atoms with E-state index in [9.17, 15) is 15.0 Å². The summed E-state index contributed by atoms with van der Waals surface area (Å²) in [6.07, 6.45) is 7.27. The van der Waals surface area contributed by atoms with Gasteiger partial charge in [0.1, 0.15) is 5.75 Å². The third-order valence-electron chi connectivity index (χ3n) is 4.87. The minimum absolute atomic E-state index is 0.0493. The van der Waals surface area contributed by atoms with Crippen molar-refractivity contribution in [3.8, 4) is 5.75 Å². The van der Waals surface area contributed by atoms with Crippen LogP contribution in [-0.4, -0.2) is 27.3 Å². The summed E-state index contributed by atoms with van der Waals surface area (Å²) in [6, 6.07) is 1.97. The summed E-state index contributed by atoms with van der Waals surface area (Å²) in [5.74, 6) is 0.400. The van der Waals surface area contributed by atoms with Crippen LogP contribution in [-0.2, 0) is 19.4 Å². The molecule has 2 aromatic rings. The molecule has 0 radical (unpaired) electrons. The molecule has 7 heteroatoms. The lowest BCUT2D eigenvalue weighted by atomic mass is 9.87. The second-order valence-corrected chi connectivity index (χ2v) is 7.70. The predicted octanol–water partition coefficient (Wildman–Crippen LogP) is 2.93. The van der Waals surface area contributed by atoms with Gasteiger partial charge in [-0.15, -0.1) is 11.3 Å². The Bertz CT molecular complexity index is 845. The van der Waals surface area contributed by atoms with Gasteiger partial charge in [-0.2, -0.15) is 5.10 Å². The molecule has 0 saturated carbocycles. The highest BCUT2D eigenvalue weighted by Crippen LogP contribution is 2.33. The van der Waals surface area contributed by atoms with E-state index in [0.717, 1.165) is 12.8 Å². The molecule has 0 aliphatic heterocycles. The molecule has 0 saturated heterocycles. The Morgan fingerprint density at radius 1 is 1.54 bits per heavy atom. The number of hydrogen-bond acceptors (Lipinski definition) is 6. The highest BCUT2D eigenvalue weighted by atomic mass is 32.1. The van der Waals surface area contributed by atoms with Crippen LogP contribution in [0.25, 0.3) is 0 Å². The van der Waals surface area contributed by atoms with E-state index in [1.54, 1.807) is 6.92 Å². The fourth-order valence-corrected chi connectivity index (χ4v) is 4.29. The number of rotatable bonds is 5. The van der Waals surface area contributed by atoms with E-state index < -0.39 is 0 Å². The molecule has 1 aliphatic carbocycles. The quantitative estimate of drug-likeness (QED) is 0.555. The van der Waals surface area contributed by atoms with Gasteiger partial charge in [-0.1, -0.05) is 13.3 Å². The number of nitrogens with zero attached hydrogens (tertiary/aromatic N) is 2. The predicted molar refractivity (Wildman–Crippen MR) is 102 cm³/mol. The fourth-order valence-electron chi connectivity index (χ4n) is 3.19. The van der Waals surface area contributed by atoms with Crippen LogP contribution in [0.2, 0.25) is 0 Å². The first-order valence-electron chi connectivity index (χ1n) is 8.76. The number of nitrogens with one attached hydrogen (secondary N) is 1. The van der Waals surface area contributed by atoms with Crippen molar-refractivity contribution >= 4 is 23.5 Å². The van der Waals surface area contributed by atoms with Gasteiger partial charge in [0.15, 0.2) is 0 Å². The SMILES string of the molecule is CC[C@@H]1CCc2sc(C(=O)N/N=C/c3c(CO)cnc(C)c3O)cc2C1. The monoisotopic (exact) mass is 373 g/mol. The number of aryl methyl sites for hydroxylation is 2. The van der Waals surface area contributed by atoms with Crippen LogP contribution in [0, 0.1) is 12.8 Å². The van der Waals surface area contributed by atoms with Crippen LogP contribution in [0.15, 0.2) is 17.4 Å². The van der Waals surface area contributed by atoms with Crippen LogP contribution in [0.5, 0.6) is 5.75 Å². The maximum atomic E-state index is 12.4. The Labute approximate surface area is 156 Å². The van der Waals surface area contributed by atoms with Crippen molar-refractivity contribution in [1.82, 2.24) is 10.4 Å². The van der Waals surface area contributed by atoms with E-state index in [1.165, 1.54) is 47.0 Å². The molecule has 1 aliphatic rings. The minimum atomic E-state index is -0.271. The standard InChI is InChI=1S/C19H23N3O3S/c1-3-12-4-5-16-13(6-12)7-17(26-16)19(25)22-21-9-15-14(10-23)8-20-11(2)18(15)24/h7-9,12,23-24H,3-6,10H2,1-2H3,(H,22,25)/b21-9+/t12-/m1/s1. The molecule has 0 bridgehead atoms. The number of thiophene rings is 1. The number of fused-ring (bicyclic) bond motifs is 1. The molecule has 26 heavy (non-hydrogen) atoms. The molecule has 0 spiro atoms. The zero-order valence-corrected chi connectivity index (χ0v) is 15.8. The molecule has 2 aromatic heterocycles. The molecule has 0 unspecified atom stereocenters. The number of aromatic nitrogens is 1. The Morgan fingerprint density at radius 2 is 2.35 bits per heavy atom. The minimum Gasteiger partial charge on any atom is -0.505 e. The fraction of sp³-hybridized carbons (Fsp3) is 0.421. The number of carbonyl (C=O) groups is 1. The maximum absolute atomic E-state index is 12.4. The van der Waals surface area contributed by atoms with Gasteiger partial charge >= 0.3 is 0 Å². The summed E-state index contributed by atoms with van der Waals surface area (Å²) in [7, 11) is 0. The van der Waals surface area contributed by atoms with Gasteiger partial charge < -0.3 is 10.2 Å². The summed E-state index contributed by atoms with van der Waals surface area (Å²) in [4.78, 5) is 18.3. The van der Waals surface area contributed by atoms with Crippen molar-refractivity contribution in [3.05, 3.63) is 44.4 Å². The van der Waals surface area contributed by atoms with Gasteiger partial charge in [0.2, 0.25) is 0 Å². The number of amides is 1. The molecule has 3 N–H and O–H groups in total. The maximum Gasteiger partial charge on any atom is 0.281 e. The molecule has 0 fully saturated rings. The second-order valence-electron chi connectivity index (χ2n) is 6.56. The zero-order chi connectivity index (χ0) is 18.7. The lowest BCUT2D eigenvalue weighted by Crippen LogP contribution is -2.16. The van der Waals surface area contributed by atoms with Crippen LogP contribution in [0.3, 0.4) is 0 Å². The van der Waals surface area contributed by atoms with Gasteiger partial charge in [0.05, 0.1) is 23.4 Å². The third-order valence-corrected chi connectivity index (χ3v) is 6.11. The first kappa shape index (κ1) is 18.5. The van der Waals surface area contributed by atoms with Gasteiger partial charge in [-0.3, -0.25) is 9.78 Å². The molecule has 138 valence electrons. The van der Waals surface area contributed by atoms with E-state index in [2.05, 4.69) is 22.4 Å².